The second-order valence-electron chi connectivity index (χ2n) is 3.59. The molecular formula is C8H15NO2. The molecule has 0 spiro atoms. The van der Waals surface area contributed by atoms with Gasteiger partial charge < -0.3 is 9.64 Å². The number of methoxy groups -OCH3 is 1. The van der Waals surface area contributed by atoms with Gasteiger partial charge in [-0.15, -0.1) is 0 Å². The predicted octanol–water partition coefficient (Wildman–Crippen LogP) is 0.990. The average molecular weight is 157 g/mol. The van der Waals surface area contributed by atoms with Gasteiger partial charge in [0.05, 0.1) is 0 Å². The fraction of sp³-hybridized carbons (Fsp3) is 0.875. The first kappa shape index (κ1) is 8.53. The number of rotatable bonds is 2. The van der Waals surface area contributed by atoms with E-state index >= 15 is 0 Å². The van der Waals surface area contributed by atoms with Crippen molar-refractivity contribution < 1.29 is 9.53 Å². The quantitative estimate of drug-likeness (QED) is 0.559. The van der Waals surface area contributed by atoms with Gasteiger partial charge in [-0.05, 0) is 20.8 Å². The van der Waals surface area contributed by atoms with Crippen molar-refractivity contribution in [1.82, 2.24) is 4.90 Å². The van der Waals surface area contributed by atoms with Crippen molar-refractivity contribution >= 4 is 5.91 Å². The Morgan fingerprint density at radius 3 is 2.36 bits per heavy atom. The van der Waals surface area contributed by atoms with Crippen LogP contribution in [0.1, 0.15) is 27.2 Å². The lowest BCUT2D eigenvalue weighted by atomic mass is 9.88. The molecule has 1 heterocycles. The van der Waals surface area contributed by atoms with E-state index in [2.05, 4.69) is 0 Å². The van der Waals surface area contributed by atoms with Gasteiger partial charge in [-0.25, -0.2) is 0 Å². The molecule has 0 bridgehead atoms. The van der Waals surface area contributed by atoms with Crippen LogP contribution < -0.4 is 0 Å². The second-order valence-corrected chi connectivity index (χ2v) is 3.59. The summed E-state index contributed by atoms with van der Waals surface area (Å²) in [6.07, 6.45) is 0.548. The van der Waals surface area contributed by atoms with E-state index < -0.39 is 0 Å². The number of carbonyl (C=O) groups excluding carboxylic acids is 1. The van der Waals surface area contributed by atoms with Gasteiger partial charge in [0.2, 0.25) is 5.91 Å². The summed E-state index contributed by atoms with van der Waals surface area (Å²) in [6.45, 7) is 5.98. The molecule has 0 N–H and O–H groups in total. The molecule has 11 heavy (non-hydrogen) atoms. The third-order valence-corrected chi connectivity index (χ3v) is 2.21. The van der Waals surface area contributed by atoms with Crippen molar-refractivity contribution in [1.29, 1.82) is 0 Å². The Morgan fingerprint density at radius 2 is 2.18 bits per heavy atom. The number of ether oxygens (including phenoxy) is 1. The molecule has 0 aromatic carbocycles. The van der Waals surface area contributed by atoms with Crippen molar-refractivity contribution in [3.8, 4) is 0 Å². The van der Waals surface area contributed by atoms with Crippen LogP contribution >= 0.6 is 0 Å². The average Bonchev–Trinajstić information content (AvgIpc) is 1.85. The summed E-state index contributed by atoms with van der Waals surface area (Å²) in [4.78, 5) is 12.9. The first-order valence-corrected chi connectivity index (χ1v) is 3.84. The Hall–Kier alpha value is -0.570. The van der Waals surface area contributed by atoms with Gasteiger partial charge in [0.15, 0.2) is 0 Å². The smallest absolute Gasteiger partial charge is 0.227 e. The van der Waals surface area contributed by atoms with E-state index in [0.29, 0.717) is 6.42 Å². The lowest BCUT2D eigenvalue weighted by Crippen LogP contribution is -2.63. The maximum absolute atomic E-state index is 11.1. The van der Waals surface area contributed by atoms with Gasteiger partial charge in [-0.1, -0.05) is 0 Å². The van der Waals surface area contributed by atoms with E-state index in [1.165, 1.54) is 0 Å². The van der Waals surface area contributed by atoms with E-state index in [-0.39, 0.29) is 17.7 Å². The normalized spacial score (nSPS) is 24.7. The number of likely N-dealkylation sites (tertiary alicyclic amines) is 1. The highest BCUT2D eigenvalue weighted by atomic mass is 16.5. The molecule has 3 nitrogen and oxygen atoms in total. The molecule has 1 amide bonds. The minimum Gasteiger partial charge on any atom is -0.362 e. The van der Waals surface area contributed by atoms with Gasteiger partial charge in [0.25, 0.3) is 0 Å². The van der Waals surface area contributed by atoms with Crippen LogP contribution in [0, 0.1) is 0 Å². The maximum atomic E-state index is 11.1. The van der Waals surface area contributed by atoms with E-state index in [4.69, 9.17) is 4.74 Å². The van der Waals surface area contributed by atoms with Gasteiger partial charge >= 0.3 is 0 Å². The number of carbonyl (C=O) groups is 1. The predicted molar refractivity (Wildman–Crippen MR) is 42.0 cm³/mol. The molecule has 0 saturated carbocycles. The highest BCUT2D eigenvalue weighted by Gasteiger charge is 2.45. The molecule has 1 aliphatic heterocycles. The van der Waals surface area contributed by atoms with Crippen molar-refractivity contribution in [2.45, 2.75) is 39.0 Å². The molecule has 1 atom stereocenters. The lowest BCUT2D eigenvalue weighted by Gasteiger charge is -2.50. The number of hydrogen-bond acceptors (Lipinski definition) is 2. The van der Waals surface area contributed by atoms with Crippen LogP contribution in [-0.2, 0) is 9.53 Å². The Labute approximate surface area is 67.3 Å². The molecule has 1 unspecified atom stereocenters. The van der Waals surface area contributed by atoms with Crippen LogP contribution in [0.3, 0.4) is 0 Å². The molecule has 0 aromatic heterocycles. The van der Waals surface area contributed by atoms with E-state index in [9.17, 15) is 4.79 Å². The topological polar surface area (TPSA) is 29.5 Å². The molecule has 1 rings (SSSR count). The van der Waals surface area contributed by atoms with Gasteiger partial charge in [-0.2, -0.15) is 0 Å². The third kappa shape index (κ3) is 1.25. The Kier molecular flexibility index (Phi) is 1.92. The van der Waals surface area contributed by atoms with Crippen LogP contribution in [0.15, 0.2) is 0 Å². The SMILES string of the molecule is COC(C)N1C(=O)CC1(C)C. The summed E-state index contributed by atoms with van der Waals surface area (Å²) in [5.74, 6) is 0.185. The van der Waals surface area contributed by atoms with Crippen LogP contribution in [0.4, 0.5) is 0 Å². The van der Waals surface area contributed by atoms with Gasteiger partial charge in [0, 0.05) is 19.1 Å². The minimum absolute atomic E-state index is 0.00743. The highest BCUT2D eigenvalue weighted by molar-refractivity contribution is 5.84. The van der Waals surface area contributed by atoms with Crippen molar-refractivity contribution in [2.75, 3.05) is 7.11 Å². The summed E-state index contributed by atoms with van der Waals surface area (Å²) in [5.41, 5.74) is -0.00743. The summed E-state index contributed by atoms with van der Waals surface area (Å²) in [5, 5.41) is 0. The number of amides is 1. The fourth-order valence-electron chi connectivity index (χ4n) is 1.59. The molecule has 64 valence electrons. The largest absolute Gasteiger partial charge is 0.362 e. The van der Waals surface area contributed by atoms with Crippen molar-refractivity contribution in [3.05, 3.63) is 0 Å². The zero-order chi connectivity index (χ0) is 8.65. The Morgan fingerprint density at radius 1 is 1.64 bits per heavy atom. The van der Waals surface area contributed by atoms with E-state index in [1.54, 1.807) is 12.0 Å². The zero-order valence-corrected chi connectivity index (χ0v) is 7.55. The standard InChI is InChI=1S/C8H15NO2/c1-6(11-4)9-7(10)5-8(9,2)3/h6H,5H2,1-4H3. The minimum atomic E-state index is -0.0914. The van der Waals surface area contributed by atoms with Crippen LogP contribution in [0.2, 0.25) is 0 Å². The Balaban J connectivity index is 2.63. The first-order chi connectivity index (χ1) is 4.99. The van der Waals surface area contributed by atoms with Crippen molar-refractivity contribution in [3.63, 3.8) is 0 Å². The highest BCUT2D eigenvalue weighted by Crippen LogP contribution is 2.32. The number of nitrogens with zero attached hydrogens (tertiary/aromatic N) is 1. The zero-order valence-electron chi connectivity index (χ0n) is 7.55. The van der Waals surface area contributed by atoms with Gasteiger partial charge in [-0.3, -0.25) is 4.79 Å². The summed E-state index contributed by atoms with van der Waals surface area (Å²) < 4.78 is 5.07. The van der Waals surface area contributed by atoms with E-state index in [0.717, 1.165) is 0 Å². The molecule has 1 saturated heterocycles. The molecule has 3 heteroatoms. The maximum Gasteiger partial charge on any atom is 0.227 e. The number of β-lactam (4-membered cyclic amide) rings is 1. The molecule has 1 aliphatic rings. The summed E-state index contributed by atoms with van der Waals surface area (Å²) in [6, 6.07) is 0. The molecule has 0 aromatic rings. The third-order valence-electron chi connectivity index (χ3n) is 2.21. The van der Waals surface area contributed by atoms with Crippen molar-refractivity contribution in [2.24, 2.45) is 0 Å². The van der Waals surface area contributed by atoms with Crippen LogP contribution in [0.25, 0.3) is 0 Å². The van der Waals surface area contributed by atoms with E-state index in [1.807, 2.05) is 20.8 Å². The number of hydrogen-bond donors (Lipinski definition) is 0. The monoisotopic (exact) mass is 157 g/mol. The lowest BCUT2D eigenvalue weighted by molar-refractivity contribution is -0.176. The van der Waals surface area contributed by atoms with Crippen LogP contribution in [0.5, 0.6) is 0 Å². The van der Waals surface area contributed by atoms with Crippen LogP contribution in [-0.4, -0.2) is 29.7 Å². The summed E-state index contributed by atoms with van der Waals surface area (Å²) >= 11 is 0. The molecule has 1 fully saturated rings. The fourth-order valence-corrected chi connectivity index (χ4v) is 1.59. The molecular weight excluding hydrogens is 142 g/mol. The Bertz CT molecular complexity index is 177. The molecule has 0 radical (unpaired) electrons. The summed E-state index contributed by atoms with van der Waals surface area (Å²) in [7, 11) is 1.62. The van der Waals surface area contributed by atoms with Gasteiger partial charge in [0.1, 0.15) is 6.23 Å². The molecule has 0 aliphatic carbocycles. The first-order valence-electron chi connectivity index (χ1n) is 3.84. The second kappa shape index (κ2) is 2.48.